The molecule has 47 heavy (non-hydrogen) atoms. The van der Waals surface area contributed by atoms with E-state index in [0.29, 0.717) is 5.92 Å². The first kappa shape index (κ1) is 27.5. The van der Waals surface area contributed by atoms with E-state index in [1.54, 1.807) is 0 Å². The standard InChI is InChI=1S/C45H32N2/c1-29-24-34(27-35(25-29)36-22-23-41-38-19-9-8-18-37(38)40-21-11-20-39(36)44(40)41)32-16-10-17-33(26-32)45-46-42(30-12-4-2-5-13-30)28-43(47-45)31-14-6-3-7-15-31/h2-24,26-29H,25H2,1H3. The maximum absolute atomic E-state index is 5.09. The Morgan fingerprint density at radius 3 is 1.74 bits per heavy atom. The lowest BCUT2D eigenvalue weighted by Gasteiger charge is -2.21. The number of fused-ring (bicyclic) bond motifs is 3. The smallest absolute Gasteiger partial charge is 0.160 e. The van der Waals surface area contributed by atoms with Crippen molar-refractivity contribution in [2.45, 2.75) is 13.3 Å². The Bertz CT molecular complexity index is 2300. The molecule has 7 aromatic rings. The summed E-state index contributed by atoms with van der Waals surface area (Å²) in [6, 6.07) is 51.8. The van der Waals surface area contributed by atoms with E-state index in [0.717, 1.165) is 40.3 Å². The zero-order valence-electron chi connectivity index (χ0n) is 26.2. The molecule has 0 aliphatic heterocycles. The summed E-state index contributed by atoms with van der Waals surface area (Å²) in [6.07, 6.45) is 5.83. The van der Waals surface area contributed by atoms with Gasteiger partial charge in [0, 0.05) is 16.7 Å². The van der Waals surface area contributed by atoms with Crippen molar-refractivity contribution >= 4 is 21.9 Å². The lowest BCUT2D eigenvalue weighted by atomic mass is 9.83. The van der Waals surface area contributed by atoms with E-state index in [-0.39, 0.29) is 0 Å². The molecule has 2 nitrogen and oxygen atoms in total. The third-order valence-corrected chi connectivity index (χ3v) is 9.55. The molecule has 6 aromatic carbocycles. The van der Waals surface area contributed by atoms with Crippen LogP contribution in [0.1, 0.15) is 24.5 Å². The Balaban J connectivity index is 1.13. The van der Waals surface area contributed by atoms with Gasteiger partial charge in [-0.2, -0.15) is 0 Å². The van der Waals surface area contributed by atoms with Gasteiger partial charge in [0.25, 0.3) is 0 Å². The molecule has 1 atom stereocenters. The molecule has 0 saturated heterocycles. The molecule has 0 radical (unpaired) electrons. The summed E-state index contributed by atoms with van der Waals surface area (Å²) in [5, 5.41) is 2.71. The summed E-state index contributed by atoms with van der Waals surface area (Å²) in [6.45, 7) is 2.32. The van der Waals surface area contributed by atoms with E-state index >= 15 is 0 Å². The molecule has 9 rings (SSSR count). The molecule has 1 heterocycles. The van der Waals surface area contributed by atoms with E-state index < -0.39 is 0 Å². The Morgan fingerprint density at radius 1 is 0.489 bits per heavy atom. The largest absolute Gasteiger partial charge is 0.228 e. The first-order valence-electron chi connectivity index (χ1n) is 16.4. The van der Waals surface area contributed by atoms with Crippen molar-refractivity contribution < 1.29 is 0 Å². The van der Waals surface area contributed by atoms with E-state index in [1.807, 2.05) is 12.1 Å². The molecule has 0 saturated carbocycles. The zero-order valence-corrected chi connectivity index (χ0v) is 26.2. The van der Waals surface area contributed by atoms with Crippen LogP contribution in [-0.4, -0.2) is 9.97 Å². The van der Waals surface area contributed by atoms with Crippen LogP contribution in [0, 0.1) is 5.92 Å². The van der Waals surface area contributed by atoms with Gasteiger partial charge in [-0.05, 0) is 79.8 Å². The molecule has 222 valence electrons. The maximum Gasteiger partial charge on any atom is 0.160 e. The highest BCUT2D eigenvalue weighted by Crippen LogP contribution is 2.49. The van der Waals surface area contributed by atoms with Crippen LogP contribution in [0.4, 0.5) is 0 Å². The fraction of sp³-hybridized carbons (Fsp3) is 0.0667. The van der Waals surface area contributed by atoms with Gasteiger partial charge in [0.2, 0.25) is 0 Å². The van der Waals surface area contributed by atoms with E-state index in [2.05, 4.69) is 153 Å². The molecule has 0 amide bonds. The number of nitrogens with zero attached hydrogens (tertiary/aromatic N) is 2. The summed E-state index contributed by atoms with van der Waals surface area (Å²) in [5.41, 5.74) is 15.5. The van der Waals surface area contributed by atoms with Crippen molar-refractivity contribution in [1.29, 1.82) is 0 Å². The highest BCUT2D eigenvalue weighted by atomic mass is 14.9. The molecule has 2 heteroatoms. The Labute approximate surface area is 275 Å². The molecule has 2 aliphatic carbocycles. The Kier molecular flexibility index (Phi) is 6.53. The molecule has 1 unspecified atom stereocenters. The van der Waals surface area contributed by atoms with Gasteiger partial charge in [0.1, 0.15) is 0 Å². The third kappa shape index (κ3) is 4.81. The monoisotopic (exact) mass is 600 g/mol. The van der Waals surface area contributed by atoms with Crippen molar-refractivity contribution in [2.24, 2.45) is 5.92 Å². The van der Waals surface area contributed by atoms with Crippen molar-refractivity contribution in [3.05, 3.63) is 169 Å². The topological polar surface area (TPSA) is 25.8 Å². The molecule has 0 N–H and O–H groups in total. The maximum atomic E-state index is 5.09. The quantitative estimate of drug-likeness (QED) is 0.196. The Hall–Kier alpha value is -5.86. The van der Waals surface area contributed by atoms with Crippen LogP contribution in [0.25, 0.3) is 78.1 Å². The van der Waals surface area contributed by atoms with E-state index in [4.69, 9.17) is 9.97 Å². The first-order chi connectivity index (χ1) is 23.2. The molecule has 0 fully saturated rings. The lowest BCUT2D eigenvalue weighted by molar-refractivity contribution is 0.752. The molecule has 0 spiro atoms. The number of aromatic nitrogens is 2. The second kappa shape index (κ2) is 11.2. The summed E-state index contributed by atoms with van der Waals surface area (Å²) < 4.78 is 0. The summed E-state index contributed by atoms with van der Waals surface area (Å²) in [7, 11) is 0. The average Bonchev–Trinajstić information content (AvgIpc) is 3.47. The first-order valence-corrected chi connectivity index (χ1v) is 16.4. The number of hydrogen-bond acceptors (Lipinski definition) is 2. The molecular weight excluding hydrogens is 569 g/mol. The minimum absolute atomic E-state index is 0.413. The highest BCUT2D eigenvalue weighted by molar-refractivity contribution is 6.17. The minimum Gasteiger partial charge on any atom is -0.228 e. The van der Waals surface area contributed by atoms with Crippen LogP contribution in [0.3, 0.4) is 0 Å². The third-order valence-electron chi connectivity index (χ3n) is 9.55. The van der Waals surface area contributed by atoms with Crippen LogP contribution in [0.15, 0.2) is 158 Å². The van der Waals surface area contributed by atoms with Gasteiger partial charge in [-0.25, -0.2) is 9.97 Å². The number of allylic oxidation sites excluding steroid dienone is 4. The van der Waals surface area contributed by atoms with Crippen LogP contribution in [0.2, 0.25) is 0 Å². The van der Waals surface area contributed by atoms with E-state index in [1.165, 1.54) is 55.3 Å². The normalized spacial score (nSPS) is 14.9. The number of hydrogen-bond donors (Lipinski definition) is 0. The molecule has 1 aromatic heterocycles. The fourth-order valence-electron chi connectivity index (χ4n) is 7.39. The van der Waals surface area contributed by atoms with Gasteiger partial charge in [-0.3, -0.25) is 0 Å². The lowest BCUT2D eigenvalue weighted by Crippen LogP contribution is -2.02. The van der Waals surface area contributed by atoms with Crippen molar-refractivity contribution in [3.63, 3.8) is 0 Å². The molecule has 0 bridgehead atoms. The summed E-state index contributed by atoms with van der Waals surface area (Å²) in [5.74, 6) is 1.14. The highest BCUT2D eigenvalue weighted by Gasteiger charge is 2.24. The van der Waals surface area contributed by atoms with Gasteiger partial charge < -0.3 is 0 Å². The van der Waals surface area contributed by atoms with Crippen LogP contribution in [-0.2, 0) is 0 Å². The predicted molar refractivity (Wildman–Crippen MR) is 196 cm³/mol. The average molecular weight is 601 g/mol. The Morgan fingerprint density at radius 2 is 1.04 bits per heavy atom. The molecule has 2 aliphatic rings. The molecular formula is C45H32N2. The van der Waals surface area contributed by atoms with Gasteiger partial charge in [-0.15, -0.1) is 0 Å². The summed E-state index contributed by atoms with van der Waals surface area (Å²) in [4.78, 5) is 10.2. The minimum atomic E-state index is 0.413. The summed E-state index contributed by atoms with van der Waals surface area (Å²) >= 11 is 0. The van der Waals surface area contributed by atoms with Crippen molar-refractivity contribution in [2.75, 3.05) is 0 Å². The van der Waals surface area contributed by atoms with Crippen molar-refractivity contribution in [1.82, 2.24) is 9.97 Å². The zero-order chi connectivity index (χ0) is 31.3. The van der Waals surface area contributed by atoms with Crippen molar-refractivity contribution in [3.8, 4) is 56.2 Å². The fourth-order valence-corrected chi connectivity index (χ4v) is 7.39. The van der Waals surface area contributed by atoms with Crippen LogP contribution in [0.5, 0.6) is 0 Å². The van der Waals surface area contributed by atoms with Crippen LogP contribution >= 0.6 is 0 Å². The van der Waals surface area contributed by atoms with E-state index in [9.17, 15) is 0 Å². The van der Waals surface area contributed by atoms with Crippen LogP contribution < -0.4 is 0 Å². The van der Waals surface area contributed by atoms with Gasteiger partial charge in [-0.1, -0.05) is 153 Å². The van der Waals surface area contributed by atoms with Gasteiger partial charge >= 0.3 is 0 Å². The predicted octanol–water partition coefficient (Wildman–Crippen LogP) is 11.8. The number of rotatable bonds is 5. The van der Waals surface area contributed by atoms with Gasteiger partial charge in [0.05, 0.1) is 11.4 Å². The second-order valence-electron chi connectivity index (χ2n) is 12.7. The SMILES string of the molecule is CC1C=C(c2cccc(-c3nc(-c4ccccc4)cc(-c4ccccc4)n3)c2)C=C(c2ccc3c4c(cccc24)-c2ccccc2-3)C1. The number of benzene rings is 6. The van der Waals surface area contributed by atoms with Gasteiger partial charge in [0.15, 0.2) is 5.82 Å². The second-order valence-corrected chi connectivity index (χ2v) is 12.7.